The van der Waals surface area contributed by atoms with Gasteiger partial charge in [-0.2, -0.15) is 5.26 Å². The Morgan fingerprint density at radius 1 is 1.50 bits per heavy atom. The third-order valence-electron chi connectivity index (χ3n) is 1.56. The molecule has 1 N–H and O–H groups in total. The standard InChI is InChI=1S/C10H6INO2/c11-9-4-2-1-3-7(9)5-8(6-12)10(13)14/h1-5H,(H,13,14)/b8-5-. The summed E-state index contributed by atoms with van der Waals surface area (Å²) in [5.74, 6) is -1.20. The molecule has 0 saturated heterocycles. The summed E-state index contributed by atoms with van der Waals surface area (Å²) in [5.41, 5.74) is 0.487. The van der Waals surface area contributed by atoms with Crippen molar-refractivity contribution in [3.63, 3.8) is 0 Å². The molecule has 14 heavy (non-hydrogen) atoms. The van der Waals surface area contributed by atoms with Crippen LogP contribution in [0.2, 0.25) is 0 Å². The summed E-state index contributed by atoms with van der Waals surface area (Å²) in [6, 6.07) is 8.90. The molecule has 0 radical (unpaired) electrons. The van der Waals surface area contributed by atoms with Crippen LogP contribution in [0.25, 0.3) is 6.08 Å². The Morgan fingerprint density at radius 3 is 2.64 bits per heavy atom. The quantitative estimate of drug-likeness (QED) is 0.518. The zero-order chi connectivity index (χ0) is 10.6. The molecule has 0 aliphatic carbocycles. The molecule has 0 heterocycles. The van der Waals surface area contributed by atoms with Crippen LogP contribution < -0.4 is 0 Å². The number of hydrogen-bond acceptors (Lipinski definition) is 2. The summed E-state index contributed by atoms with van der Waals surface area (Å²) < 4.78 is 0.916. The number of nitrogens with zero attached hydrogens (tertiary/aromatic N) is 1. The van der Waals surface area contributed by atoms with Crippen LogP contribution >= 0.6 is 22.6 Å². The maximum atomic E-state index is 10.6. The summed E-state index contributed by atoms with van der Waals surface area (Å²) in [6.07, 6.45) is 1.37. The van der Waals surface area contributed by atoms with Crippen LogP contribution in [0.3, 0.4) is 0 Å². The average Bonchev–Trinajstić information content (AvgIpc) is 2.16. The molecular formula is C10H6INO2. The molecule has 0 unspecified atom stereocenters. The van der Waals surface area contributed by atoms with Gasteiger partial charge in [0, 0.05) is 3.57 Å². The fraction of sp³-hybridized carbons (Fsp3) is 0. The van der Waals surface area contributed by atoms with E-state index in [1.807, 2.05) is 12.1 Å². The van der Waals surface area contributed by atoms with Crippen LogP contribution in [-0.4, -0.2) is 11.1 Å². The largest absolute Gasteiger partial charge is 0.477 e. The van der Waals surface area contributed by atoms with Crippen LogP contribution in [0.5, 0.6) is 0 Å². The van der Waals surface area contributed by atoms with E-state index in [1.54, 1.807) is 18.2 Å². The Labute approximate surface area is 94.8 Å². The highest BCUT2D eigenvalue weighted by molar-refractivity contribution is 14.1. The van der Waals surface area contributed by atoms with Gasteiger partial charge >= 0.3 is 5.97 Å². The first kappa shape index (κ1) is 10.7. The molecule has 1 aromatic rings. The Morgan fingerprint density at radius 2 is 2.14 bits per heavy atom. The first-order valence-corrected chi connectivity index (χ1v) is 4.82. The molecule has 0 aromatic heterocycles. The van der Waals surface area contributed by atoms with Crippen LogP contribution in [0.1, 0.15) is 5.56 Å². The van der Waals surface area contributed by atoms with Gasteiger partial charge in [0.1, 0.15) is 11.6 Å². The van der Waals surface area contributed by atoms with Crippen molar-refractivity contribution in [1.29, 1.82) is 5.26 Å². The molecule has 3 nitrogen and oxygen atoms in total. The second kappa shape index (κ2) is 4.77. The van der Waals surface area contributed by atoms with E-state index in [0.717, 1.165) is 9.13 Å². The van der Waals surface area contributed by atoms with Crippen molar-refractivity contribution in [3.8, 4) is 6.07 Å². The maximum absolute atomic E-state index is 10.6. The number of aliphatic carboxylic acids is 1. The van der Waals surface area contributed by atoms with Crippen molar-refractivity contribution in [2.75, 3.05) is 0 Å². The average molecular weight is 299 g/mol. The molecule has 1 rings (SSSR count). The predicted molar refractivity (Wildman–Crippen MR) is 60.4 cm³/mol. The highest BCUT2D eigenvalue weighted by atomic mass is 127. The minimum atomic E-state index is -1.20. The zero-order valence-electron chi connectivity index (χ0n) is 7.07. The first-order chi connectivity index (χ1) is 6.65. The topological polar surface area (TPSA) is 61.1 Å². The fourth-order valence-electron chi connectivity index (χ4n) is 0.889. The van der Waals surface area contributed by atoms with E-state index in [9.17, 15) is 4.79 Å². The molecule has 70 valence electrons. The van der Waals surface area contributed by atoms with Gasteiger partial charge in [-0.15, -0.1) is 0 Å². The summed E-state index contributed by atoms with van der Waals surface area (Å²) in [7, 11) is 0. The van der Waals surface area contributed by atoms with Gasteiger partial charge in [-0.05, 0) is 40.3 Å². The number of rotatable bonds is 2. The van der Waals surface area contributed by atoms with E-state index in [0.29, 0.717) is 0 Å². The van der Waals surface area contributed by atoms with Gasteiger partial charge in [0.25, 0.3) is 0 Å². The molecule has 0 aliphatic rings. The predicted octanol–water partition coefficient (Wildman–Crippen LogP) is 2.28. The lowest BCUT2D eigenvalue weighted by Crippen LogP contribution is -1.97. The normalized spacial score (nSPS) is 10.7. The van der Waals surface area contributed by atoms with Gasteiger partial charge in [-0.3, -0.25) is 0 Å². The zero-order valence-corrected chi connectivity index (χ0v) is 9.22. The Balaban J connectivity index is 3.15. The number of hydrogen-bond donors (Lipinski definition) is 1. The Hall–Kier alpha value is -1.35. The van der Waals surface area contributed by atoms with E-state index in [1.165, 1.54) is 6.08 Å². The second-order valence-electron chi connectivity index (χ2n) is 2.50. The van der Waals surface area contributed by atoms with E-state index in [-0.39, 0.29) is 5.57 Å². The number of carboxylic acid groups (broad SMARTS) is 1. The minimum absolute atomic E-state index is 0.255. The van der Waals surface area contributed by atoms with Crippen molar-refractivity contribution in [3.05, 3.63) is 39.0 Å². The van der Waals surface area contributed by atoms with Crippen molar-refractivity contribution in [2.24, 2.45) is 0 Å². The van der Waals surface area contributed by atoms with Gasteiger partial charge in [-0.1, -0.05) is 18.2 Å². The van der Waals surface area contributed by atoms with E-state index in [2.05, 4.69) is 22.6 Å². The number of nitriles is 1. The highest BCUT2D eigenvalue weighted by Gasteiger charge is 2.06. The third-order valence-corrected chi connectivity index (χ3v) is 2.54. The molecule has 0 atom stereocenters. The fourth-order valence-corrected chi connectivity index (χ4v) is 1.43. The van der Waals surface area contributed by atoms with Crippen molar-refractivity contribution in [2.45, 2.75) is 0 Å². The van der Waals surface area contributed by atoms with E-state index in [4.69, 9.17) is 10.4 Å². The number of halogens is 1. The molecule has 1 aromatic carbocycles. The molecule has 0 spiro atoms. The van der Waals surface area contributed by atoms with Gasteiger partial charge < -0.3 is 5.11 Å². The molecule has 0 saturated carbocycles. The Kier molecular flexibility index (Phi) is 3.65. The second-order valence-corrected chi connectivity index (χ2v) is 3.66. The van der Waals surface area contributed by atoms with Gasteiger partial charge in [0.05, 0.1) is 0 Å². The lowest BCUT2D eigenvalue weighted by Gasteiger charge is -1.97. The lowest BCUT2D eigenvalue weighted by molar-refractivity contribution is -0.132. The van der Waals surface area contributed by atoms with Gasteiger partial charge in [0.15, 0.2) is 0 Å². The smallest absolute Gasteiger partial charge is 0.346 e. The number of benzene rings is 1. The van der Waals surface area contributed by atoms with Crippen LogP contribution in [0.15, 0.2) is 29.8 Å². The summed E-state index contributed by atoms with van der Waals surface area (Å²) >= 11 is 2.09. The SMILES string of the molecule is N#C/C(=C/c1ccccc1I)C(=O)O. The monoisotopic (exact) mass is 299 g/mol. The highest BCUT2D eigenvalue weighted by Crippen LogP contribution is 2.14. The molecule has 0 aliphatic heterocycles. The molecule has 4 heteroatoms. The van der Waals surface area contributed by atoms with Crippen LogP contribution in [0.4, 0.5) is 0 Å². The molecule has 0 bridgehead atoms. The van der Waals surface area contributed by atoms with E-state index < -0.39 is 5.97 Å². The minimum Gasteiger partial charge on any atom is -0.477 e. The summed E-state index contributed by atoms with van der Waals surface area (Å²) in [5, 5.41) is 17.2. The number of carboxylic acids is 1. The summed E-state index contributed by atoms with van der Waals surface area (Å²) in [6.45, 7) is 0. The molecule has 0 amide bonds. The van der Waals surface area contributed by atoms with Crippen LogP contribution in [-0.2, 0) is 4.79 Å². The first-order valence-electron chi connectivity index (χ1n) is 3.75. The van der Waals surface area contributed by atoms with E-state index >= 15 is 0 Å². The van der Waals surface area contributed by atoms with Gasteiger partial charge in [0.2, 0.25) is 0 Å². The van der Waals surface area contributed by atoms with Crippen molar-refractivity contribution < 1.29 is 9.90 Å². The molecular weight excluding hydrogens is 293 g/mol. The maximum Gasteiger partial charge on any atom is 0.346 e. The summed E-state index contributed by atoms with van der Waals surface area (Å²) in [4.78, 5) is 10.6. The van der Waals surface area contributed by atoms with Crippen molar-refractivity contribution in [1.82, 2.24) is 0 Å². The lowest BCUT2D eigenvalue weighted by atomic mass is 10.1. The van der Waals surface area contributed by atoms with Gasteiger partial charge in [-0.25, -0.2) is 4.79 Å². The van der Waals surface area contributed by atoms with Crippen LogP contribution in [0, 0.1) is 14.9 Å². The molecule has 0 fully saturated rings. The Bertz CT molecular complexity index is 432. The number of carbonyl (C=O) groups is 1. The third kappa shape index (κ3) is 2.57. The van der Waals surface area contributed by atoms with Crippen molar-refractivity contribution >= 4 is 34.6 Å².